The second-order valence-corrected chi connectivity index (χ2v) is 9.43. The van der Waals surface area contributed by atoms with Crippen molar-refractivity contribution < 1.29 is 9.53 Å². The number of nitrogens with zero attached hydrogens (tertiary/aromatic N) is 3. The van der Waals surface area contributed by atoms with Crippen molar-refractivity contribution in [3.05, 3.63) is 40.9 Å². The minimum absolute atomic E-state index is 0.283. The van der Waals surface area contributed by atoms with E-state index in [2.05, 4.69) is 29.1 Å². The summed E-state index contributed by atoms with van der Waals surface area (Å²) in [6.45, 7) is 6.41. The molecule has 1 aromatic carbocycles. The first kappa shape index (κ1) is 20.7. The molecular formula is C23H28N4O2S. The third-order valence-corrected chi connectivity index (χ3v) is 7.23. The molecular weight excluding hydrogens is 396 g/mol. The molecule has 3 aromatic rings. The number of rotatable bonds is 5. The highest BCUT2D eigenvalue weighted by atomic mass is 32.1. The SMILES string of the molecule is COc1cc2nc([C@H]3CC[C@H](C(C)C)CC3)sc2cc1NC(=O)c1ccnc(C)n1. The van der Waals surface area contributed by atoms with Crippen LogP contribution in [0.15, 0.2) is 24.4 Å². The van der Waals surface area contributed by atoms with E-state index in [1.54, 1.807) is 37.6 Å². The number of hydrogen-bond acceptors (Lipinski definition) is 6. The van der Waals surface area contributed by atoms with Crippen molar-refractivity contribution in [1.82, 2.24) is 15.0 Å². The molecule has 1 amide bonds. The molecule has 2 aromatic heterocycles. The Morgan fingerprint density at radius 3 is 2.63 bits per heavy atom. The maximum atomic E-state index is 12.6. The number of carbonyl (C=O) groups is 1. The summed E-state index contributed by atoms with van der Waals surface area (Å²) in [5, 5.41) is 4.13. The van der Waals surface area contributed by atoms with Gasteiger partial charge in [0.1, 0.15) is 17.3 Å². The summed E-state index contributed by atoms with van der Waals surface area (Å²) in [6, 6.07) is 5.47. The standard InChI is InChI=1S/C23H28N4O2S/c1-13(2)15-5-7-16(8-6-15)23-27-19-11-20(29-4)18(12-21(19)30-23)26-22(28)17-9-10-24-14(3)25-17/h9-13,15-16H,5-8H2,1-4H3,(H,26,28)/t15-,16-. The van der Waals surface area contributed by atoms with Crippen molar-refractivity contribution in [2.24, 2.45) is 11.8 Å². The molecule has 1 N–H and O–H groups in total. The monoisotopic (exact) mass is 424 g/mol. The van der Waals surface area contributed by atoms with Gasteiger partial charge in [0.05, 0.1) is 28.0 Å². The summed E-state index contributed by atoms with van der Waals surface area (Å²) in [6.07, 6.45) is 6.55. The molecule has 1 saturated carbocycles. The zero-order chi connectivity index (χ0) is 21.3. The first-order valence-electron chi connectivity index (χ1n) is 10.5. The van der Waals surface area contributed by atoms with E-state index in [1.165, 1.54) is 30.7 Å². The minimum Gasteiger partial charge on any atom is -0.494 e. The number of ether oxygens (including phenoxy) is 1. The van der Waals surface area contributed by atoms with Crippen molar-refractivity contribution in [3.63, 3.8) is 0 Å². The van der Waals surface area contributed by atoms with Crippen molar-refractivity contribution in [2.75, 3.05) is 12.4 Å². The van der Waals surface area contributed by atoms with Crippen LogP contribution in [0.2, 0.25) is 0 Å². The molecule has 0 radical (unpaired) electrons. The average molecular weight is 425 g/mol. The summed E-state index contributed by atoms with van der Waals surface area (Å²) >= 11 is 1.73. The van der Waals surface area contributed by atoms with E-state index in [0.29, 0.717) is 28.9 Å². The molecule has 0 unspecified atom stereocenters. The topological polar surface area (TPSA) is 77.0 Å². The van der Waals surface area contributed by atoms with Crippen LogP contribution in [0.3, 0.4) is 0 Å². The molecule has 0 spiro atoms. The molecule has 0 saturated heterocycles. The lowest BCUT2D eigenvalue weighted by Crippen LogP contribution is -2.17. The Morgan fingerprint density at radius 2 is 1.97 bits per heavy atom. The van der Waals surface area contributed by atoms with Gasteiger partial charge in [-0.25, -0.2) is 15.0 Å². The lowest BCUT2D eigenvalue weighted by Gasteiger charge is -2.29. The number of benzene rings is 1. The third kappa shape index (κ3) is 4.31. The molecule has 7 heteroatoms. The summed E-state index contributed by atoms with van der Waals surface area (Å²) in [5.74, 6) is 3.00. The number of thiazole rings is 1. The highest BCUT2D eigenvalue weighted by Gasteiger charge is 2.26. The summed E-state index contributed by atoms with van der Waals surface area (Å²) < 4.78 is 6.59. The zero-order valence-corrected chi connectivity index (χ0v) is 18.8. The smallest absolute Gasteiger partial charge is 0.274 e. The van der Waals surface area contributed by atoms with Crippen LogP contribution in [-0.2, 0) is 0 Å². The number of nitrogens with one attached hydrogen (secondary N) is 1. The maximum Gasteiger partial charge on any atom is 0.274 e. The van der Waals surface area contributed by atoms with Gasteiger partial charge < -0.3 is 10.1 Å². The second-order valence-electron chi connectivity index (χ2n) is 8.37. The Morgan fingerprint density at radius 1 is 1.20 bits per heavy atom. The lowest BCUT2D eigenvalue weighted by molar-refractivity contribution is 0.102. The number of carbonyl (C=O) groups excluding carboxylic acids is 1. The van der Waals surface area contributed by atoms with Gasteiger partial charge in [0.25, 0.3) is 5.91 Å². The third-order valence-electron chi connectivity index (χ3n) is 6.05. The van der Waals surface area contributed by atoms with Gasteiger partial charge in [-0.3, -0.25) is 4.79 Å². The second kappa shape index (κ2) is 8.68. The molecule has 0 bridgehead atoms. The molecule has 1 aliphatic rings. The van der Waals surface area contributed by atoms with Crippen LogP contribution in [0.25, 0.3) is 10.2 Å². The zero-order valence-electron chi connectivity index (χ0n) is 17.9. The van der Waals surface area contributed by atoms with Gasteiger partial charge >= 0.3 is 0 Å². The Bertz CT molecular complexity index is 1050. The quantitative estimate of drug-likeness (QED) is 0.578. The van der Waals surface area contributed by atoms with E-state index in [1.807, 2.05) is 12.1 Å². The largest absolute Gasteiger partial charge is 0.494 e. The van der Waals surface area contributed by atoms with Crippen molar-refractivity contribution in [3.8, 4) is 5.75 Å². The predicted molar refractivity (Wildman–Crippen MR) is 120 cm³/mol. The van der Waals surface area contributed by atoms with Crippen molar-refractivity contribution in [1.29, 1.82) is 0 Å². The Balaban J connectivity index is 1.57. The van der Waals surface area contributed by atoms with Crippen LogP contribution in [0.5, 0.6) is 5.75 Å². The van der Waals surface area contributed by atoms with E-state index >= 15 is 0 Å². The first-order valence-corrected chi connectivity index (χ1v) is 11.4. The van der Waals surface area contributed by atoms with Crippen molar-refractivity contribution >= 4 is 33.1 Å². The van der Waals surface area contributed by atoms with Crippen LogP contribution >= 0.6 is 11.3 Å². The lowest BCUT2D eigenvalue weighted by atomic mass is 9.77. The first-order chi connectivity index (χ1) is 14.4. The predicted octanol–water partition coefficient (Wildman–Crippen LogP) is 5.59. The number of aromatic nitrogens is 3. The van der Waals surface area contributed by atoms with E-state index in [4.69, 9.17) is 9.72 Å². The molecule has 1 fully saturated rings. The molecule has 158 valence electrons. The van der Waals surface area contributed by atoms with Gasteiger partial charge in [0, 0.05) is 18.2 Å². The van der Waals surface area contributed by atoms with E-state index in [0.717, 1.165) is 22.1 Å². The Kier molecular flexibility index (Phi) is 5.99. The molecule has 30 heavy (non-hydrogen) atoms. The average Bonchev–Trinajstić information content (AvgIpc) is 3.16. The van der Waals surface area contributed by atoms with Gasteiger partial charge in [0.2, 0.25) is 0 Å². The van der Waals surface area contributed by atoms with Crippen LogP contribution in [-0.4, -0.2) is 28.0 Å². The van der Waals surface area contributed by atoms with Gasteiger partial charge in [-0.1, -0.05) is 13.8 Å². The van der Waals surface area contributed by atoms with Crippen LogP contribution in [0.4, 0.5) is 5.69 Å². The fraction of sp³-hybridized carbons (Fsp3) is 0.478. The van der Waals surface area contributed by atoms with Gasteiger partial charge in [-0.05, 0) is 56.6 Å². The number of hydrogen-bond donors (Lipinski definition) is 1. The van der Waals surface area contributed by atoms with Gasteiger partial charge in [0.15, 0.2) is 0 Å². The van der Waals surface area contributed by atoms with E-state index in [-0.39, 0.29) is 5.91 Å². The minimum atomic E-state index is -0.283. The summed E-state index contributed by atoms with van der Waals surface area (Å²) in [7, 11) is 1.60. The van der Waals surface area contributed by atoms with Gasteiger partial charge in [-0.15, -0.1) is 11.3 Å². The molecule has 4 rings (SSSR count). The number of aryl methyl sites for hydroxylation is 1. The molecule has 0 aliphatic heterocycles. The maximum absolute atomic E-state index is 12.6. The van der Waals surface area contributed by atoms with Crippen LogP contribution < -0.4 is 10.1 Å². The fourth-order valence-electron chi connectivity index (χ4n) is 4.22. The van der Waals surface area contributed by atoms with Crippen LogP contribution in [0, 0.1) is 18.8 Å². The molecule has 2 heterocycles. The summed E-state index contributed by atoms with van der Waals surface area (Å²) in [4.78, 5) is 25.8. The van der Waals surface area contributed by atoms with Gasteiger partial charge in [-0.2, -0.15) is 0 Å². The fourth-order valence-corrected chi connectivity index (χ4v) is 5.37. The normalized spacial score (nSPS) is 19.2. The molecule has 0 atom stereocenters. The summed E-state index contributed by atoms with van der Waals surface area (Å²) in [5.41, 5.74) is 1.88. The number of fused-ring (bicyclic) bond motifs is 1. The number of amides is 1. The van der Waals surface area contributed by atoms with E-state index < -0.39 is 0 Å². The molecule has 6 nitrogen and oxygen atoms in total. The Labute approximate surface area is 181 Å². The highest BCUT2D eigenvalue weighted by Crippen LogP contribution is 2.42. The van der Waals surface area contributed by atoms with Crippen LogP contribution in [0.1, 0.15) is 66.8 Å². The molecule has 1 aliphatic carbocycles. The highest BCUT2D eigenvalue weighted by molar-refractivity contribution is 7.18. The van der Waals surface area contributed by atoms with E-state index in [9.17, 15) is 4.79 Å². The number of anilines is 1. The Hall–Kier alpha value is -2.54. The number of methoxy groups -OCH3 is 1. The van der Waals surface area contributed by atoms with Crippen molar-refractivity contribution in [2.45, 2.75) is 52.4 Å².